The number of benzene rings is 3. The van der Waals surface area contributed by atoms with E-state index in [2.05, 4.69) is 10.6 Å². The van der Waals surface area contributed by atoms with Gasteiger partial charge in [-0.2, -0.15) is 9.57 Å². The number of ether oxygens (including phenoxy) is 1. The molecule has 10 nitrogen and oxygen atoms in total. The summed E-state index contributed by atoms with van der Waals surface area (Å²) in [7, 11) is -4.04. The molecule has 0 fully saturated rings. The standard InChI is InChI=1S/C28H25ClN4O6S/c1-18(34)31-22-8-10-23(11-9-22)40(37,38)33-13-12-19-4-2-3-5-24(19)26(33)15-28(36)39-17-27(35)32-25-14-21(29)7-6-20(25)16-30/h2-11,14,26H,12-13,15,17H2,1H3,(H,31,34)(H,32,35)/t26-/m1/s1. The average molecular weight is 581 g/mol. The molecule has 0 radical (unpaired) electrons. The Labute approximate surface area is 236 Å². The number of fused-ring (bicyclic) bond motifs is 1. The largest absolute Gasteiger partial charge is 0.456 e. The number of halogens is 1. The molecule has 0 saturated heterocycles. The van der Waals surface area contributed by atoms with E-state index >= 15 is 0 Å². The van der Waals surface area contributed by atoms with Crippen molar-refractivity contribution in [3.63, 3.8) is 0 Å². The maximum atomic E-state index is 13.7. The Morgan fingerprint density at radius 3 is 2.50 bits per heavy atom. The molecule has 1 atom stereocenters. The van der Waals surface area contributed by atoms with E-state index in [9.17, 15) is 28.1 Å². The van der Waals surface area contributed by atoms with Crippen LogP contribution in [0.4, 0.5) is 11.4 Å². The first-order valence-electron chi connectivity index (χ1n) is 12.2. The van der Waals surface area contributed by atoms with Crippen molar-refractivity contribution >= 4 is 50.8 Å². The van der Waals surface area contributed by atoms with Crippen LogP contribution >= 0.6 is 11.6 Å². The molecule has 4 rings (SSSR count). The van der Waals surface area contributed by atoms with Crippen molar-refractivity contribution in [1.29, 1.82) is 5.26 Å². The highest BCUT2D eigenvalue weighted by Crippen LogP contribution is 2.36. The SMILES string of the molecule is CC(=O)Nc1ccc(S(=O)(=O)N2CCc3ccccc3[C@H]2CC(=O)OCC(=O)Nc2cc(Cl)ccc2C#N)cc1. The lowest BCUT2D eigenvalue weighted by Gasteiger charge is -2.36. The zero-order valence-electron chi connectivity index (χ0n) is 21.4. The molecule has 2 N–H and O–H groups in total. The molecule has 206 valence electrons. The minimum Gasteiger partial charge on any atom is -0.456 e. The normalized spacial score (nSPS) is 14.9. The lowest BCUT2D eigenvalue weighted by Crippen LogP contribution is -2.41. The first kappa shape index (κ1) is 28.8. The Hall–Kier alpha value is -4.24. The quantitative estimate of drug-likeness (QED) is 0.382. The highest BCUT2D eigenvalue weighted by molar-refractivity contribution is 7.89. The van der Waals surface area contributed by atoms with E-state index in [1.54, 1.807) is 12.1 Å². The van der Waals surface area contributed by atoms with Crippen LogP contribution in [0.15, 0.2) is 71.6 Å². The van der Waals surface area contributed by atoms with Crippen molar-refractivity contribution in [1.82, 2.24) is 4.31 Å². The fourth-order valence-corrected chi connectivity index (χ4v) is 6.22. The number of sulfonamides is 1. The zero-order chi connectivity index (χ0) is 28.9. The molecule has 1 heterocycles. The van der Waals surface area contributed by atoms with Gasteiger partial charge < -0.3 is 15.4 Å². The van der Waals surface area contributed by atoms with Gasteiger partial charge >= 0.3 is 5.97 Å². The van der Waals surface area contributed by atoms with Crippen LogP contribution in [0.2, 0.25) is 5.02 Å². The topological polar surface area (TPSA) is 146 Å². The summed E-state index contributed by atoms with van der Waals surface area (Å²) in [4.78, 5) is 36.6. The number of carbonyl (C=O) groups excluding carboxylic acids is 3. The summed E-state index contributed by atoms with van der Waals surface area (Å²) in [5.41, 5.74) is 2.41. The second-order valence-electron chi connectivity index (χ2n) is 9.00. The zero-order valence-corrected chi connectivity index (χ0v) is 23.0. The first-order chi connectivity index (χ1) is 19.1. The smallest absolute Gasteiger partial charge is 0.308 e. The molecule has 0 spiro atoms. The number of nitriles is 1. The van der Waals surface area contributed by atoms with E-state index in [-0.39, 0.29) is 35.0 Å². The Kier molecular flexibility index (Phi) is 8.84. The highest BCUT2D eigenvalue weighted by atomic mass is 35.5. The Morgan fingerprint density at radius 2 is 1.80 bits per heavy atom. The number of nitrogens with zero attached hydrogens (tertiary/aromatic N) is 2. The minimum atomic E-state index is -4.04. The molecule has 0 aromatic heterocycles. The second kappa shape index (κ2) is 12.3. The van der Waals surface area contributed by atoms with Gasteiger partial charge in [-0.05, 0) is 60.0 Å². The maximum Gasteiger partial charge on any atom is 0.308 e. The van der Waals surface area contributed by atoms with Gasteiger partial charge in [0.1, 0.15) is 6.07 Å². The third kappa shape index (κ3) is 6.66. The van der Waals surface area contributed by atoms with Crippen molar-refractivity contribution in [2.24, 2.45) is 0 Å². The van der Waals surface area contributed by atoms with Gasteiger partial charge in [0.15, 0.2) is 6.61 Å². The summed E-state index contributed by atoms with van der Waals surface area (Å²) in [6, 6.07) is 18.5. The van der Waals surface area contributed by atoms with Crippen molar-refractivity contribution in [2.75, 3.05) is 23.8 Å². The molecular formula is C28H25ClN4O6S. The predicted octanol–water partition coefficient (Wildman–Crippen LogP) is 4.03. The van der Waals surface area contributed by atoms with Crippen LogP contribution in [0.25, 0.3) is 0 Å². The third-order valence-corrected chi connectivity index (χ3v) is 8.40. The van der Waals surface area contributed by atoms with Crippen molar-refractivity contribution in [3.8, 4) is 6.07 Å². The van der Waals surface area contributed by atoms with Crippen LogP contribution in [0, 0.1) is 11.3 Å². The Morgan fingerprint density at radius 1 is 1.07 bits per heavy atom. The summed E-state index contributed by atoms with van der Waals surface area (Å²) in [6.07, 6.45) is 0.127. The molecule has 40 heavy (non-hydrogen) atoms. The van der Waals surface area contributed by atoms with E-state index in [1.807, 2.05) is 18.2 Å². The van der Waals surface area contributed by atoms with E-state index in [1.165, 1.54) is 53.7 Å². The van der Waals surface area contributed by atoms with E-state index in [0.717, 1.165) is 5.56 Å². The first-order valence-corrected chi connectivity index (χ1v) is 14.0. The number of amides is 2. The molecular weight excluding hydrogens is 556 g/mol. The fraction of sp³-hybridized carbons (Fsp3) is 0.214. The van der Waals surface area contributed by atoms with Crippen molar-refractivity contribution in [2.45, 2.75) is 30.7 Å². The number of rotatable bonds is 8. The molecule has 0 bridgehead atoms. The number of carbonyl (C=O) groups is 3. The molecule has 0 aliphatic carbocycles. The van der Waals surface area contributed by atoms with Gasteiger partial charge in [-0.3, -0.25) is 14.4 Å². The van der Waals surface area contributed by atoms with Gasteiger partial charge in [0.25, 0.3) is 5.91 Å². The van der Waals surface area contributed by atoms with Gasteiger partial charge in [0.05, 0.1) is 28.6 Å². The fourth-order valence-electron chi connectivity index (χ4n) is 4.44. The van der Waals surface area contributed by atoms with Crippen molar-refractivity contribution in [3.05, 3.63) is 88.4 Å². The minimum absolute atomic E-state index is 0.00791. The van der Waals surface area contributed by atoms with E-state index < -0.39 is 34.5 Å². The van der Waals surface area contributed by atoms with E-state index in [4.69, 9.17) is 16.3 Å². The highest BCUT2D eigenvalue weighted by Gasteiger charge is 2.38. The molecule has 1 aliphatic heterocycles. The second-order valence-corrected chi connectivity index (χ2v) is 11.3. The lowest BCUT2D eigenvalue weighted by molar-refractivity contribution is -0.148. The van der Waals surface area contributed by atoms with Gasteiger partial charge in [-0.1, -0.05) is 35.9 Å². The van der Waals surface area contributed by atoms with Gasteiger partial charge in [-0.15, -0.1) is 0 Å². The molecule has 1 aliphatic rings. The number of nitrogens with one attached hydrogen (secondary N) is 2. The summed E-state index contributed by atoms with van der Waals surface area (Å²) in [6.45, 7) is 0.850. The van der Waals surface area contributed by atoms with Crippen LogP contribution in [-0.2, 0) is 35.6 Å². The van der Waals surface area contributed by atoms with Gasteiger partial charge in [-0.25, -0.2) is 8.42 Å². The maximum absolute atomic E-state index is 13.7. The number of esters is 1. The molecule has 0 saturated carbocycles. The van der Waals surface area contributed by atoms with E-state index in [0.29, 0.717) is 22.7 Å². The summed E-state index contributed by atoms with van der Waals surface area (Å²) in [5, 5.41) is 14.6. The summed E-state index contributed by atoms with van der Waals surface area (Å²) >= 11 is 5.94. The van der Waals surface area contributed by atoms with Crippen LogP contribution in [-0.4, -0.2) is 43.7 Å². The third-order valence-electron chi connectivity index (χ3n) is 6.24. The molecule has 2 amide bonds. The number of hydrogen-bond acceptors (Lipinski definition) is 7. The number of anilines is 2. The molecule has 0 unspecified atom stereocenters. The molecule has 3 aromatic rings. The van der Waals surface area contributed by atoms with Crippen LogP contribution in [0.3, 0.4) is 0 Å². The monoisotopic (exact) mass is 580 g/mol. The summed E-state index contributed by atoms with van der Waals surface area (Å²) < 4.78 is 33.8. The van der Waals surface area contributed by atoms with Gasteiger partial charge in [0, 0.05) is 24.2 Å². The Balaban J connectivity index is 1.50. The average Bonchev–Trinajstić information content (AvgIpc) is 2.92. The van der Waals surface area contributed by atoms with Crippen LogP contribution < -0.4 is 10.6 Å². The Bertz CT molecular complexity index is 1600. The van der Waals surface area contributed by atoms with Crippen LogP contribution in [0.5, 0.6) is 0 Å². The lowest BCUT2D eigenvalue weighted by atomic mass is 9.92. The summed E-state index contributed by atoms with van der Waals surface area (Å²) in [5.74, 6) is -1.74. The van der Waals surface area contributed by atoms with Gasteiger partial charge in [0.2, 0.25) is 15.9 Å². The van der Waals surface area contributed by atoms with Crippen LogP contribution in [0.1, 0.15) is 36.1 Å². The molecule has 12 heteroatoms. The molecule has 3 aromatic carbocycles. The van der Waals surface area contributed by atoms with Crippen molar-refractivity contribution < 1.29 is 27.5 Å². The predicted molar refractivity (Wildman–Crippen MR) is 148 cm³/mol. The number of hydrogen-bond donors (Lipinski definition) is 2.